The van der Waals surface area contributed by atoms with Gasteiger partial charge in [-0.25, -0.2) is 4.98 Å². The second kappa shape index (κ2) is 13.6. The highest BCUT2D eigenvalue weighted by atomic mass is 16.5. The molecular weight excluding hydrogens is 444 g/mol. The molecule has 1 aromatic carbocycles. The van der Waals surface area contributed by atoms with Gasteiger partial charge in [0.05, 0.1) is 25.6 Å². The van der Waals surface area contributed by atoms with Gasteiger partial charge in [-0.15, -0.1) is 0 Å². The average Bonchev–Trinajstić information content (AvgIpc) is 3.67. The van der Waals surface area contributed by atoms with Crippen molar-refractivity contribution in [2.24, 2.45) is 0 Å². The minimum atomic E-state index is -0.569. The van der Waals surface area contributed by atoms with Crippen molar-refractivity contribution in [1.82, 2.24) is 15.2 Å². The summed E-state index contributed by atoms with van der Waals surface area (Å²) >= 11 is 0. The fourth-order valence-electron chi connectivity index (χ4n) is 4.04. The quantitative estimate of drug-likeness (QED) is 0.399. The molecule has 1 saturated carbocycles. The van der Waals surface area contributed by atoms with Crippen LogP contribution in [0.5, 0.6) is 0 Å². The number of carbonyl (C=O) groups excluding carboxylic acids is 3. The predicted molar refractivity (Wildman–Crippen MR) is 134 cm³/mol. The summed E-state index contributed by atoms with van der Waals surface area (Å²) in [5.41, 5.74) is 7.64. The fourth-order valence-corrected chi connectivity index (χ4v) is 4.04. The monoisotopic (exact) mass is 480 g/mol. The van der Waals surface area contributed by atoms with E-state index >= 15 is 0 Å². The van der Waals surface area contributed by atoms with Crippen LogP contribution in [0.2, 0.25) is 0 Å². The molecule has 1 fully saturated rings. The highest BCUT2D eigenvalue weighted by molar-refractivity contribution is 5.97. The number of hydrogen-bond donors (Lipinski definition) is 2. The molecule has 188 valence electrons. The number of rotatable bonds is 14. The topological polar surface area (TPSA) is 115 Å². The van der Waals surface area contributed by atoms with Gasteiger partial charge in [-0.2, -0.15) is 0 Å². The Hall–Kier alpha value is -3.26. The van der Waals surface area contributed by atoms with E-state index in [2.05, 4.69) is 10.3 Å². The van der Waals surface area contributed by atoms with Gasteiger partial charge >= 0.3 is 5.97 Å². The summed E-state index contributed by atoms with van der Waals surface area (Å²) in [4.78, 5) is 44.6. The number of anilines is 1. The number of carbonyl (C=O) groups is 3. The summed E-state index contributed by atoms with van der Waals surface area (Å²) in [7, 11) is 0. The Kier molecular flexibility index (Phi) is 10.2. The van der Waals surface area contributed by atoms with Gasteiger partial charge in [0.25, 0.3) is 0 Å². The molecule has 3 rings (SSSR count). The van der Waals surface area contributed by atoms with Gasteiger partial charge in [0.2, 0.25) is 11.8 Å². The number of nitrogen functional groups attached to an aromatic ring is 1. The summed E-state index contributed by atoms with van der Waals surface area (Å²) < 4.78 is 5.17. The number of imide groups is 1. The Morgan fingerprint density at radius 2 is 1.86 bits per heavy atom. The number of esters is 1. The van der Waals surface area contributed by atoms with Crippen molar-refractivity contribution in [3.8, 4) is 0 Å². The first-order valence-corrected chi connectivity index (χ1v) is 12.5. The summed E-state index contributed by atoms with van der Waals surface area (Å²) in [6.45, 7) is 2.08. The number of hydrogen-bond acceptors (Lipinski definition) is 7. The van der Waals surface area contributed by atoms with Crippen LogP contribution in [-0.2, 0) is 32.0 Å². The van der Waals surface area contributed by atoms with Gasteiger partial charge in [0.1, 0.15) is 5.82 Å². The molecule has 2 amide bonds. The van der Waals surface area contributed by atoms with Crippen LogP contribution in [0.25, 0.3) is 0 Å². The molecule has 8 heteroatoms. The van der Waals surface area contributed by atoms with Gasteiger partial charge in [-0.1, -0.05) is 36.4 Å². The van der Waals surface area contributed by atoms with Crippen molar-refractivity contribution in [2.75, 3.05) is 18.9 Å². The fraction of sp³-hybridized carbons (Fsp3) is 0.481. The van der Waals surface area contributed by atoms with Crippen LogP contribution >= 0.6 is 0 Å². The summed E-state index contributed by atoms with van der Waals surface area (Å²) in [5.74, 6) is -0.548. The number of amides is 2. The van der Waals surface area contributed by atoms with Crippen molar-refractivity contribution in [3.05, 3.63) is 59.8 Å². The van der Waals surface area contributed by atoms with Crippen molar-refractivity contribution in [1.29, 1.82) is 0 Å². The van der Waals surface area contributed by atoms with Gasteiger partial charge in [0.15, 0.2) is 0 Å². The van der Waals surface area contributed by atoms with Crippen LogP contribution in [0.1, 0.15) is 56.7 Å². The van der Waals surface area contributed by atoms with E-state index in [1.54, 1.807) is 13.0 Å². The molecule has 1 heterocycles. The van der Waals surface area contributed by atoms with Crippen LogP contribution in [0.4, 0.5) is 5.82 Å². The normalized spacial score (nSPS) is 13.7. The first-order chi connectivity index (χ1) is 17.0. The highest BCUT2D eigenvalue weighted by Gasteiger charge is 2.32. The molecule has 0 spiro atoms. The van der Waals surface area contributed by atoms with E-state index in [1.807, 2.05) is 42.5 Å². The molecule has 0 radical (unpaired) electrons. The van der Waals surface area contributed by atoms with Crippen molar-refractivity contribution in [3.63, 3.8) is 0 Å². The number of pyridine rings is 1. The van der Waals surface area contributed by atoms with Crippen LogP contribution in [0.15, 0.2) is 48.5 Å². The standard InChI is InChI=1S/C27H36N4O4/c1-2-35-27(34)18-23(17-14-20-8-4-3-5-9-20)31(26(33)19-29-21-15-16-21)25(32)13-7-11-22-10-6-12-24(28)30-22/h3-6,8-10,12,21,23,29H,2,7,11,13-19H2,1H3,(H2,28,30). The molecule has 0 bridgehead atoms. The van der Waals surface area contributed by atoms with Crippen LogP contribution in [-0.4, -0.2) is 52.9 Å². The third-order valence-electron chi connectivity index (χ3n) is 5.99. The first kappa shape index (κ1) is 26.3. The first-order valence-electron chi connectivity index (χ1n) is 12.5. The molecule has 0 saturated heterocycles. The molecule has 8 nitrogen and oxygen atoms in total. The van der Waals surface area contributed by atoms with Crippen LogP contribution < -0.4 is 11.1 Å². The molecule has 0 aliphatic heterocycles. The minimum Gasteiger partial charge on any atom is -0.466 e. The molecule has 3 N–H and O–H groups in total. The van der Waals surface area contributed by atoms with E-state index in [9.17, 15) is 14.4 Å². The van der Waals surface area contributed by atoms with Crippen molar-refractivity contribution >= 4 is 23.6 Å². The average molecular weight is 481 g/mol. The van der Waals surface area contributed by atoms with Gasteiger partial charge < -0.3 is 15.8 Å². The highest BCUT2D eigenvalue weighted by Crippen LogP contribution is 2.20. The summed E-state index contributed by atoms with van der Waals surface area (Å²) in [6, 6.07) is 15.0. The number of nitrogens with two attached hydrogens (primary N) is 1. The van der Waals surface area contributed by atoms with Crippen LogP contribution in [0.3, 0.4) is 0 Å². The SMILES string of the molecule is CCOC(=O)CC(CCc1ccccc1)N(C(=O)CCCc1cccc(N)n1)C(=O)CNC1CC1. The lowest BCUT2D eigenvalue weighted by Crippen LogP contribution is -2.49. The molecule has 1 aromatic heterocycles. The van der Waals surface area contributed by atoms with Gasteiger partial charge in [0, 0.05) is 18.2 Å². The number of nitrogens with zero attached hydrogens (tertiary/aromatic N) is 2. The number of aryl methyl sites for hydroxylation is 2. The summed E-state index contributed by atoms with van der Waals surface area (Å²) in [6.07, 6.45) is 4.47. The molecule has 1 atom stereocenters. The van der Waals surface area contributed by atoms with E-state index in [-0.39, 0.29) is 37.8 Å². The summed E-state index contributed by atoms with van der Waals surface area (Å²) in [5, 5.41) is 3.20. The third-order valence-corrected chi connectivity index (χ3v) is 5.99. The van der Waals surface area contributed by atoms with E-state index in [0.717, 1.165) is 24.1 Å². The smallest absolute Gasteiger partial charge is 0.307 e. The number of aromatic nitrogens is 1. The van der Waals surface area contributed by atoms with Crippen LogP contribution in [0, 0.1) is 0 Å². The van der Waals surface area contributed by atoms with E-state index in [0.29, 0.717) is 37.5 Å². The molecule has 2 aromatic rings. The van der Waals surface area contributed by atoms with E-state index < -0.39 is 12.0 Å². The zero-order valence-electron chi connectivity index (χ0n) is 20.4. The van der Waals surface area contributed by atoms with E-state index in [4.69, 9.17) is 10.5 Å². The maximum atomic E-state index is 13.4. The number of ether oxygens (including phenoxy) is 1. The second-order valence-corrected chi connectivity index (χ2v) is 8.91. The molecular formula is C27H36N4O4. The Balaban J connectivity index is 1.72. The lowest BCUT2D eigenvalue weighted by molar-refractivity contribution is -0.151. The Morgan fingerprint density at radius 1 is 1.09 bits per heavy atom. The zero-order valence-corrected chi connectivity index (χ0v) is 20.4. The maximum absolute atomic E-state index is 13.4. The number of nitrogens with one attached hydrogen (secondary N) is 1. The Bertz CT molecular complexity index is 978. The second-order valence-electron chi connectivity index (χ2n) is 8.91. The van der Waals surface area contributed by atoms with Gasteiger partial charge in [-0.3, -0.25) is 19.3 Å². The molecule has 1 aliphatic carbocycles. The Morgan fingerprint density at radius 3 is 2.54 bits per heavy atom. The molecule has 1 unspecified atom stereocenters. The Labute approximate surface area is 207 Å². The third kappa shape index (κ3) is 9.13. The van der Waals surface area contributed by atoms with Crippen molar-refractivity contribution in [2.45, 2.75) is 70.4 Å². The lowest BCUT2D eigenvalue weighted by atomic mass is 10.0. The lowest BCUT2D eigenvalue weighted by Gasteiger charge is -2.30. The maximum Gasteiger partial charge on any atom is 0.307 e. The van der Waals surface area contributed by atoms with E-state index in [1.165, 1.54) is 4.90 Å². The van der Waals surface area contributed by atoms with Gasteiger partial charge in [-0.05, 0) is 63.1 Å². The molecule has 35 heavy (non-hydrogen) atoms. The minimum absolute atomic E-state index is 0.0155. The molecule has 1 aliphatic rings. The van der Waals surface area contributed by atoms with Crippen molar-refractivity contribution < 1.29 is 19.1 Å². The number of benzene rings is 1. The largest absolute Gasteiger partial charge is 0.466 e. The predicted octanol–water partition coefficient (Wildman–Crippen LogP) is 3.05. The zero-order chi connectivity index (χ0) is 25.0.